The highest BCUT2D eigenvalue weighted by Gasteiger charge is 2.27. The molecular formula is C21H27ClN2O3. The standard InChI is InChI=1S/C21H27ClN2O3/c1-4-27-19-7-5-15(13-20(19)26-3)21(24-11-9-23-10-12-24)17-14-16(22)6-8-18(17)25-2/h5-8,13-14,21,23H,4,9-12H2,1-3H3. The third-order valence-electron chi connectivity index (χ3n) is 4.81. The third kappa shape index (κ3) is 4.49. The molecule has 0 bridgehead atoms. The van der Waals surface area contributed by atoms with Crippen molar-refractivity contribution in [2.24, 2.45) is 0 Å². The van der Waals surface area contributed by atoms with Crippen LogP contribution >= 0.6 is 11.6 Å². The molecule has 1 heterocycles. The Balaban J connectivity index is 2.09. The van der Waals surface area contributed by atoms with E-state index in [4.69, 9.17) is 25.8 Å². The molecule has 5 nitrogen and oxygen atoms in total. The predicted molar refractivity (Wildman–Crippen MR) is 108 cm³/mol. The van der Waals surface area contributed by atoms with Gasteiger partial charge >= 0.3 is 0 Å². The van der Waals surface area contributed by atoms with E-state index >= 15 is 0 Å². The molecule has 6 heteroatoms. The van der Waals surface area contributed by atoms with Gasteiger partial charge in [-0.1, -0.05) is 17.7 Å². The molecule has 3 rings (SSSR count). The maximum atomic E-state index is 6.34. The van der Waals surface area contributed by atoms with E-state index < -0.39 is 0 Å². The second-order valence-electron chi connectivity index (χ2n) is 6.42. The summed E-state index contributed by atoms with van der Waals surface area (Å²) < 4.78 is 16.9. The lowest BCUT2D eigenvalue weighted by Gasteiger charge is -2.36. The van der Waals surface area contributed by atoms with Gasteiger partial charge in [0.2, 0.25) is 0 Å². The topological polar surface area (TPSA) is 43.0 Å². The van der Waals surface area contributed by atoms with Crippen LogP contribution in [0, 0.1) is 0 Å². The largest absolute Gasteiger partial charge is 0.496 e. The molecule has 2 aromatic carbocycles. The Morgan fingerprint density at radius 1 is 1.00 bits per heavy atom. The molecule has 27 heavy (non-hydrogen) atoms. The van der Waals surface area contributed by atoms with Crippen LogP contribution < -0.4 is 19.5 Å². The van der Waals surface area contributed by atoms with E-state index in [-0.39, 0.29) is 6.04 Å². The number of hydrogen-bond acceptors (Lipinski definition) is 5. The lowest BCUT2D eigenvalue weighted by Crippen LogP contribution is -2.45. The first-order valence-corrected chi connectivity index (χ1v) is 9.64. The summed E-state index contributed by atoms with van der Waals surface area (Å²) in [6, 6.07) is 11.9. The Morgan fingerprint density at radius 2 is 1.70 bits per heavy atom. The van der Waals surface area contributed by atoms with Crippen molar-refractivity contribution in [2.75, 3.05) is 47.0 Å². The average molecular weight is 391 g/mol. The van der Waals surface area contributed by atoms with E-state index in [9.17, 15) is 0 Å². The van der Waals surface area contributed by atoms with E-state index in [0.29, 0.717) is 11.6 Å². The van der Waals surface area contributed by atoms with Gasteiger partial charge in [-0.15, -0.1) is 0 Å². The van der Waals surface area contributed by atoms with Gasteiger partial charge in [0, 0.05) is 36.8 Å². The highest BCUT2D eigenvalue weighted by molar-refractivity contribution is 6.30. The van der Waals surface area contributed by atoms with Gasteiger partial charge in [-0.05, 0) is 42.8 Å². The van der Waals surface area contributed by atoms with Crippen molar-refractivity contribution in [3.63, 3.8) is 0 Å². The number of hydrogen-bond donors (Lipinski definition) is 1. The van der Waals surface area contributed by atoms with E-state index in [1.807, 2.05) is 31.2 Å². The predicted octanol–water partition coefficient (Wildman–Crippen LogP) is 3.75. The Morgan fingerprint density at radius 3 is 2.37 bits per heavy atom. The van der Waals surface area contributed by atoms with Gasteiger partial charge in [0.05, 0.1) is 26.9 Å². The molecule has 0 radical (unpaired) electrons. The Kier molecular flexibility index (Phi) is 6.83. The van der Waals surface area contributed by atoms with Crippen molar-refractivity contribution in [3.05, 3.63) is 52.5 Å². The number of methoxy groups -OCH3 is 2. The summed E-state index contributed by atoms with van der Waals surface area (Å²) in [6.45, 7) is 6.35. The minimum atomic E-state index is 0.0188. The van der Waals surface area contributed by atoms with E-state index in [1.165, 1.54) is 0 Å². The van der Waals surface area contributed by atoms with E-state index in [1.54, 1.807) is 14.2 Å². The van der Waals surface area contributed by atoms with Gasteiger partial charge in [0.15, 0.2) is 11.5 Å². The summed E-state index contributed by atoms with van der Waals surface area (Å²) in [5.41, 5.74) is 2.18. The lowest BCUT2D eigenvalue weighted by molar-refractivity contribution is 0.195. The van der Waals surface area contributed by atoms with E-state index in [2.05, 4.69) is 22.3 Å². The molecule has 1 saturated heterocycles. The van der Waals surface area contributed by atoms with Crippen LogP contribution in [0.4, 0.5) is 0 Å². The van der Waals surface area contributed by atoms with Gasteiger partial charge < -0.3 is 19.5 Å². The zero-order valence-corrected chi connectivity index (χ0v) is 16.9. The average Bonchev–Trinajstić information content (AvgIpc) is 2.70. The van der Waals surface area contributed by atoms with Crippen LogP contribution in [0.1, 0.15) is 24.1 Å². The SMILES string of the molecule is CCOc1ccc(C(c2cc(Cl)ccc2OC)N2CCNCC2)cc1OC. The molecule has 146 valence electrons. The number of ether oxygens (including phenoxy) is 3. The first-order valence-electron chi connectivity index (χ1n) is 9.26. The first kappa shape index (κ1) is 19.8. The fourth-order valence-corrected chi connectivity index (χ4v) is 3.76. The fraction of sp³-hybridized carbons (Fsp3) is 0.429. The summed E-state index contributed by atoms with van der Waals surface area (Å²) in [4.78, 5) is 2.44. The smallest absolute Gasteiger partial charge is 0.161 e. The summed E-state index contributed by atoms with van der Waals surface area (Å²) in [7, 11) is 3.36. The van der Waals surface area contributed by atoms with E-state index in [0.717, 1.165) is 54.6 Å². The van der Waals surface area contributed by atoms with Gasteiger partial charge in [-0.2, -0.15) is 0 Å². The molecule has 1 fully saturated rings. The molecule has 1 unspecified atom stereocenters. The van der Waals surface area contributed by atoms with Crippen molar-refractivity contribution in [3.8, 4) is 17.2 Å². The second kappa shape index (κ2) is 9.31. The molecule has 0 saturated carbocycles. The zero-order valence-electron chi connectivity index (χ0n) is 16.1. The van der Waals surface area contributed by atoms with Crippen molar-refractivity contribution in [1.82, 2.24) is 10.2 Å². The van der Waals surface area contributed by atoms with Crippen molar-refractivity contribution in [1.29, 1.82) is 0 Å². The number of nitrogens with one attached hydrogen (secondary N) is 1. The van der Waals surface area contributed by atoms with Crippen LogP contribution in [0.3, 0.4) is 0 Å². The molecule has 1 aliphatic rings. The highest BCUT2D eigenvalue weighted by Crippen LogP contribution is 2.39. The molecule has 0 spiro atoms. The zero-order chi connectivity index (χ0) is 19.2. The van der Waals surface area contributed by atoms with Crippen LogP contribution in [-0.2, 0) is 0 Å². The van der Waals surface area contributed by atoms with Gasteiger partial charge in [0.25, 0.3) is 0 Å². The fourth-order valence-electron chi connectivity index (χ4n) is 3.58. The summed E-state index contributed by atoms with van der Waals surface area (Å²) >= 11 is 6.34. The molecule has 0 aliphatic carbocycles. The minimum Gasteiger partial charge on any atom is -0.496 e. The number of nitrogens with zero attached hydrogens (tertiary/aromatic N) is 1. The summed E-state index contributed by atoms with van der Waals surface area (Å²) in [6.07, 6.45) is 0. The van der Waals surface area contributed by atoms with Crippen molar-refractivity contribution in [2.45, 2.75) is 13.0 Å². The van der Waals surface area contributed by atoms with Crippen LogP contribution in [0.2, 0.25) is 5.02 Å². The second-order valence-corrected chi connectivity index (χ2v) is 6.85. The van der Waals surface area contributed by atoms with Crippen molar-refractivity contribution < 1.29 is 14.2 Å². The Labute approximate surface area is 166 Å². The van der Waals surface area contributed by atoms with Crippen LogP contribution in [0.25, 0.3) is 0 Å². The number of piperazine rings is 1. The molecule has 1 aliphatic heterocycles. The van der Waals surface area contributed by atoms with Gasteiger partial charge in [0.1, 0.15) is 5.75 Å². The normalized spacial score (nSPS) is 16.0. The van der Waals surface area contributed by atoms with Crippen molar-refractivity contribution >= 4 is 11.6 Å². The monoisotopic (exact) mass is 390 g/mol. The van der Waals surface area contributed by atoms with Crippen LogP contribution in [-0.4, -0.2) is 51.9 Å². The molecule has 0 aromatic heterocycles. The number of rotatable bonds is 7. The van der Waals surface area contributed by atoms with Crippen LogP contribution in [0.5, 0.6) is 17.2 Å². The molecule has 0 amide bonds. The molecule has 1 atom stereocenters. The molecule has 2 aromatic rings. The minimum absolute atomic E-state index is 0.0188. The van der Waals surface area contributed by atoms with Gasteiger partial charge in [-0.3, -0.25) is 4.90 Å². The van der Waals surface area contributed by atoms with Crippen LogP contribution in [0.15, 0.2) is 36.4 Å². The molecule has 1 N–H and O–H groups in total. The summed E-state index contributed by atoms with van der Waals surface area (Å²) in [5, 5.41) is 4.12. The quantitative estimate of drug-likeness (QED) is 0.779. The highest BCUT2D eigenvalue weighted by atomic mass is 35.5. The maximum absolute atomic E-state index is 6.34. The van der Waals surface area contributed by atoms with Gasteiger partial charge in [-0.25, -0.2) is 0 Å². The Bertz CT molecular complexity index is 763. The number of halogens is 1. The molecular weight excluding hydrogens is 364 g/mol. The number of benzene rings is 2. The first-order chi connectivity index (χ1) is 13.2. The summed E-state index contributed by atoms with van der Waals surface area (Å²) in [5.74, 6) is 2.31. The third-order valence-corrected chi connectivity index (χ3v) is 5.04. The Hall–Kier alpha value is -1.95. The maximum Gasteiger partial charge on any atom is 0.161 e. The lowest BCUT2D eigenvalue weighted by atomic mass is 9.95.